The van der Waals surface area contributed by atoms with E-state index in [1.807, 2.05) is 6.07 Å². The van der Waals surface area contributed by atoms with Crippen molar-refractivity contribution in [3.05, 3.63) is 36.4 Å². The zero-order valence-electron chi connectivity index (χ0n) is 16.2. The van der Waals surface area contributed by atoms with Crippen LogP contribution in [0.3, 0.4) is 0 Å². The fraction of sp³-hybridized carbons (Fsp3) is 0.368. The first-order chi connectivity index (χ1) is 13.7. The van der Waals surface area contributed by atoms with Crippen molar-refractivity contribution in [1.29, 1.82) is 0 Å². The molecule has 0 amide bonds. The van der Waals surface area contributed by atoms with Crippen LogP contribution < -0.4 is 5.32 Å². The zero-order chi connectivity index (χ0) is 20.8. The van der Waals surface area contributed by atoms with Crippen LogP contribution in [0.5, 0.6) is 0 Å². The van der Waals surface area contributed by atoms with E-state index in [4.69, 9.17) is 0 Å². The molecule has 0 aromatic carbocycles. The third kappa shape index (κ3) is 3.87. The molecule has 1 N–H and O–H groups in total. The molecule has 29 heavy (non-hydrogen) atoms. The minimum atomic E-state index is -2.50. The quantitative estimate of drug-likeness (QED) is 0.529. The Morgan fingerprint density at radius 1 is 1.17 bits per heavy atom. The third-order valence-electron chi connectivity index (χ3n) is 4.46. The topological polar surface area (TPSA) is 72.9 Å². The molecule has 0 saturated heterocycles. The molecule has 0 radical (unpaired) electrons. The summed E-state index contributed by atoms with van der Waals surface area (Å²) >= 11 is 0. The second kappa shape index (κ2) is 7.02. The molecule has 10 heteroatoms. The van der Waals surface area contributed by atoms with E-state index in [1.165, 1.54) is 18.4 Å². The van der Waals surface area contributed by atoms with Crippen LogP contribution in [0, 0.1) is 6.92 Å². The molecule has 0 bridgehead atoms. The van der Waals surface area contributed by atoms with Gasteiger partial charge in [-0.3, -0.25) is 0 Å². The second-order valence-corrected chi connectivity index (χ2v) is 7.41. The van der Waals surface area contributed by atoms with Gasteiger partial charge in [-0.1, -0.05) is 0 Å². The number of alkyl halides is 3. The van der Waals surface area contributed by atoms with Gasteiger partial charge in [0.25, 0.3) is 6.43 Å². The number of nitrogens with one attached hydrogen (secondary N) is 1. The van der Waals surface area contributed by atoms with Gasteiger partial charge in [-0.2, -0.15) is 0 Å². The van der Waals surface area contributed by atoms with Crippen LogP contribution >= 0.6 is 0 Å². The van der Waals surface area contributed by atoms with E-state index >= 15 is 0 Å². The summed E-state index contributed by atoms with van der Waals surface area (Å²) in [5.74, 6) is 0.793. The predicted molar refractivity (Wildman–Crippen MR) is 104 cm³/mol. The Morgan fingerprint density at radius 3 is 2.69 bits per heavy atom. The van der Waals surface area contributed by atoms with Gasteiger partial charge in [0, 0.05) is 11.8 Å². The van der Waals surface area contributed by atoms with Gasteiger partial charge in [0.1, 0.15) is 17.0 Å². The number of anilines is 1. The lowest BCUT2D eigenvalue weighted by Gasteiger charge is -2.14. The van der Waals surface area contributed by atoms with Crippen LogP contribution in [0.15, 0.2) is 30.6 Å². The first-order valence-electron chi connectivity index (χ1n) is 9.11. The Kier molecular flexibility index (Phi) is 4.64. The smallest absolute Gasteiger partial charge is 0.256 e. The fourth-order valence-corrected chi connectivity index (χ4v) is 3.11. The normalized spacial score (nSPS) is 12.4. The Bertz CT molecular complexity index is 1170. The van der Waals surface area contributed by atoms with Crippen molar-refractivity contribution in [3.8, 4) is 11.3 Å². The van der Waals surface area contributed by atoms with Gasteiger partial charge >= 0.3 is 0 Å². The van der Waals surface area contributed by atoms with E-state index in [-0.39, 0.29) is 6.54 Å². The van der Waals surface area contributed by atoms with E-state index in [1.54, 1.807) is 36.0 Å². The van der Waals surface area contributed by atoms with Crippen LogP contribution in [0.4, 0.5) is 19.1 Å². The monoisotopic (exact) mass is 403 g/mol. The van der Waals surface area contributed by atoms with Gasteiger partial charge in [0.2, 0.25) is 5.95 Å². The molecule has 0 aliphatic carbocycles. The average molecular weight is 403 g/mol. The van der Waals surface area contributed by atoms with E-state index in [0.29, 0.717) is 34.1 Å². The molecule has 7 nitrogen and oxygen atoms in total. The summed E-state index contributed by atoms with van der Waals surface area (Å²) in [6.45, 7) is 4.23. The highest BCUT2D eigenvalue weighted by Gasteiger charge is 2.17. The molecule has 4 aromatic heterocycles. The van der Waals surface area contributed by atoms with Crippen LogP contribution in [-0.2, 0) is 6.54 Å². The predicted octanol–water partition coefficient (Wildman–Crippen LogP) is 3.87. The number of aryl methyl sites for hydroxylation is 1. The minimum Gasteiger partial charge on any atom is -0.350 e. The molecular weight excluding hydrogens is 383 g/mol. The zero-order valence-corrected chi connectivity index (χ0v) is 16.2. The molecule has 0 aliphatic rings. The summed E-state index contributed by atoms with van der Waals surface area (Å²) in [6.07, 6.45) is 0.857. The summed E-state index contributed by atoms with van der Waals surface area (Å²) in [5.41, 5.74) is 1.63. The van der Waals surface area contributed by atoms with E-state index in [9.17, 15) is 13.2 Å². The first-order valence-corrected chi connectivity index (χ1v) is 9.11. The van der Waals surface area contributed by atoms with Crippen molar-refractivity contribution in [1.82, 2.24) is 29.1 Å². The van der Waals surface area contributed by atoms with Gasteiger partial charge in [-0.25, -0.2) is 32.6 Å². The summed E-state index contributed by atoms with van der Waals surface area (Å²) in [6, 6.07) is 5.37. The Hall–Kier alpha value is -3.17. The highest BCUT2D eigenvalue weighted by atomic mass is 19.3. The maximum absolute atomic E-state index is 13.7. The number of hydrogen-bond acceptors (Lipinski definition) is 5. The maximum atomic E-state index is 13.7. The van der Waals surface area contributed by atoms with Crippen molar-refractivity contribution in [2.45, 2.75) is 39.4 Å². The lowest BCUT2D eigenvalue weighted by molar-refractivity contribution is 0.127. The van der Waals surface area contributed by atoms with Crippen LogP contribution in [0.2, 0.25) is 0 Å². The number of imidazole rings is 1. The van der Waals surface area contributed by atoms with Gasteiger partial charge in [-0.05, 0) is 39.0 Å². The lowest BCUT2D eigenvalue weighted by Crippen LogP contribution is -2.25. The first kappa shape index (κ1) is 19.2. The molecule has 0 aliphatic heterocycles. The highest BCUT2D eigenvalue weighted by molar-refractivity contribution is 5.82. The van der Waals surface area contributed by atoms with Crippen molar-refractivity contribution in [2.24, 2.45) is 0 Å². The Labute approximate surface area is 164 Å². The molecule has 4 rings (SSSR count). The number of nitrogens with zero attached hydrogens (tertiary/aromatic N) is 6. The standard InChI is InChI=1S/C19H20F3N7/c1-11-25-14-5-4-13(26-17(14)28(11)9-16(20)21)12-6-7-29-15(12)8-23-18(27-29)24-10-19(2,3)22/h4-8,16H,9-10H2,1-3H3,(H,24,27). The molecule has 152 valence electrons. The molecule has 4 aromatic rings. The summed E-state index contributed by atoms with van der Waals surface area (Å²) in [4.78, 5) is 13.1. The van der Waals surface area contributed by atoms with E-state index in [2.05, 4.69) is 25.4 Å². The van der Waals surface area contributed by atoms with E-state index < -0.39 is 18.6 Å². The van der Waals surface area contributed by atoms with E-state index in [0.717, 1.165) is 5.56 Å². The van der Waals surface area contributed by atoms with Gasteiger partial charge in [0.15, 0.2) is 5.65 Å². The van der Waals surface area contributed by atoms with Crippen molar-refractivity contribution >= 4 is 22.6 Å². The van der Waals surface area contributed by atoms with Crippen molar-refractivity contribution < 1.29 is 13.2 Å². The Balaban J connectivity index is 1.71. The third-order valence-corrected chi connectivity index (χ3v) is 4.46. The molecule has 0 fully saturated rings. The highest BCUT2D eigenvalue weighted by Crippen LogP contribution is 2.26. The summed E-state index contributed by atoms with van der Waals surface area (Å²) in [7, 11) is 0. The van der Waals surface area contributed by atoms with Gasteiger partial charge in [0.05, 0.1) is 30.5 Å². The lowest BCUT2D eigenvalue weighted by atomic mass is 10.2. The van der Waals surface area contributed by atoms with Gasteiger partial charge < -0.3 is 9.88 Å². The van der Waals surface area contributed by atoms with Crippen LogP contribution in [-0.4, -0.2) is 47.8 Å². The number of pyridine rings is 1. The summed E-state index contributed by atoms with van der Waals surface area (Å²) < 4.78 is 42.6. The number of aromatic nitrogens is 6. The Morgan fingerprint density at radius 2 is 1.97 bits per heavy atom. The van der Waals surface area contributed by atoms with Gasteiger partial charge in [-0.15, -0.1) is 5.10 Å². The molecule has 0 atom stereocenters. The number of hydrogen-bond donors (Lipinski definition) is 1. The number of fused-ring (bicyclic) bond motifs is 2. The van der Waals surface area contributed by atoms with Crippen molar-refractivity contribution in [3.63, 3.8) is 0 Å². The molecular formula is C19H20F3N7. The molecule has 4 heterocycles. The average Bonchev–Trinajstić information content (AvgIpc) is 3.19. The largest absolute Gasteiger partial charge is 0.350 e. The molecule has 0 saturated carbocycles. The fourth-order valence-electron chi connectivity index (χ4n) is 3.11. The van der Waals surface area contributed by atoms with Crippen molar-refractivity contribution in [2.75, 3.05) is 11.9 Å². The SMILES string of the molecule is Cc1nc2ccc(-c3ccn4nc(NCC(C)(C)F)ncc34)nc2n1CC(F)F. The summed E-state index contributed by atoms with van der Waals surface area (Å²) in [5, 5.41) is 7.19. The number of rotatable bonds is 6. The van der Waals surface area contributed by atoms with Crippen LogP contribution in [0.1, 0.15) is 19.7 Å². The number of halogens is 3. The van der Waals surface area contributed by atoms with Crippen LogP contribution in [0.25, 0.3) is 27.9 Å². The second-order valence-electron chi connectivity index (χ2n) is 7.41. The maximum Gasteiger partial charge on any atom is 0.256 e. The minimum absolute atomic E-state index is 0.0817. The molecule has 0 unspecified atom stereocenters. The molecule has 0 spiro atoms.